The summed E-state index contributed by atoms with van der Waals surface area (Å²) in [5.41, 5.74) is 4.86. The Balaban J connectivity index is 1.90. The minimum Gasteiger partial charge on any atom is -0.490 e. The van der Waals surface area contributed by atoms with Crippen molar-refractivity contribution in [1.82, 2.24) is 10.9 Å². The van der Waals surface area contributed by atoms with E-state index >= 15 is 0 Å². The topological polar surface area (TPSA) is 85.9 Å². The van der Waals surface area contributed by atoms with Gasteiger partial charge in [-0.3, -0.25) is 20.4 Å². The molecule has 0 spiro atoms. The molecule has 150 valence electrons. The lowest BCUT2D eigenvalue weighted by Gasteiger charge is -2.13. The molecule has 0 aliphatic rings. The van der Waals surface area contributed by atoms with Crippen LogP contribution in [-0.4, -0.2) is 38.7 Å². The van der Waals surface area contributed by atoms with Crippen molar-refractivity contribution in [3.05, 3.63) is 55.9 Å². The molecule has 2 amide bonds. The average Bonchev–Trinajstić information content (AvgIpc) is 2.66. The fourth-order valence-electron chi connectivity index (χ4n) is 2.01. The zero-order valence-electron chi connectivity index (χ0n) is 14.8. The van der Waals surface area contributed by atoms with Gasteiger partial charge in [0.15, 0.2) is 6.61 Å². The van der Waals surface area contributed by atoms with E-state index in [4.69, 9.17) is 25.8 Å². The van der Waals surface area contributed by atoms with Crippen LogP contribution in [0.25, 0.3) is 0 Å². The molecule has 0 bridgehead atoms. The number of benzene rings is 2. The van der Waals surface area contributed by atoms with Crippen molar-refractivity contribution < 1.29 is 23.8 Å². The summed E-state index contributed by atoms with van der Waals surface area (Å²) in [6, 6.07) is 9.99. The first-order valence-electron chi connectivity index (χ1n) is 7.99. The largest absolute Gasteiger partial charge is 0.490 e. The van der Waals surface area contributed by atoms with Gasteiger partial charge in [0.2, 0.25) is 0 Å². The highest BCUT2D eigenvalue weighted by Crippen LogP contribution is 2.27. The molecular formula is C18H17Br2ClN2O5. The zero-order valence-corrected chi connectivity index (χ0v) is 18.7. The third-order valence-electron chi connectivity index (χ3n) is 3.30. The maximum absolute atomic E-state index is 12.4. The van der Waals surface area contributed by atoms with Gasteiger partial charge in [0.25, 0.3) is 11.8 Å². The number of hydrogen-bond donors (Lipinski definition) is 2. The molecule has 28 heavy (non-hydrogen) atoms. The van der Waals surface area contributed by atoms with E-state index in [1.54, 1.807) is 43.5 Å². The minimum absolute atomic E-state index is 0.252. The molecule has 0 unspecified atom stereocenters. The van der Waals surface area contributed by atoms with Crippen LogP contribution in [-0.2, 0) is 9.53 Å². The van der Waals surface area contributed by atoms with Gasteiger partial charge in [-0.15, -0.1) is 0 Å². The second kappa shape index (κ2) is 11.3. The Labute approximate surface area is 183 Å². The summed E-state index contributed by atoms with van der Waals surface area (Å²) in [6.45, 7) is 0.341. The average molecular weight is 537 g/mol. The quantitative estimate of drug-likeness (QED) is 0.397. The molecule has 0 atom stereocenters. The van der Waals surface area contributed by atoms with Crippen molar-refractivity contribution in [3.8, 4) is 11.5 Å². The van der Waals surface area contributed by atoms with Crippen LogP contribution in [0.3, 0.4) is 0 Å². The summed E-state index contributed by atoms with van der Waals surface area (Å²) in [5, 5.41) is 0.359. The fraction of sp³-hybridized carbons (Fsp3) is 0.222. The number of ether oxygens (including phenoxy) is 3. The number of rotatable bonds is 8. The van der Waals surface area contributed by atoms with Gasteiger partial charge in [-0.25, -0.2) is 0 Å². The van der Waals surface area contributed by atoms with Crippen LogP contribution in [0.15, 0.2) is 45.3 Å². The Morgan fingerprint density at radius 3 is 2.32 bits per heavy atom. The first kappa shape index (κ1) is 22.5. The van der Waals surface area contributed by atoms with Crippen LogP contribution in [0, 0.1) is 0 Å². The molecular weight excluding hydrogens is 519 g/mol. The maximum atomic E-state index is 12.4. The van der Waals surface area contributed by atoms with Gasteiger partial charge in [-0.05, 0) is 36.4 Å². The van der Waals surface area contributed by atoms with Gasteiger partial charge in [-0.1, -0.05) is 43.5 Å². The number of amides is 2. The van der Waals surface area contributed by atoms with Crippen molar-refractivity contribution in [3.63, 3.8) is 0 Å². The van der Waals surface area contributed by atoms with E-state index in [2.05, 4.69) is 42.7 Å². The summed E-state index contributed by atoms with van der Waals surface area (Å²) in [7, 11) is 1.55. The molecule has 0 aromatic heterocycles. The fourth-order valence-corrected chi connectivity index (χ4v) is 3.09. The third kappa shape index (κ3) is 6.97. The molecule has 0 radical (unpaired) electrons. The summed E-state index contributed by atoms with van der Waals surface area (Å²) in [5.74, 6) is -0.370. The number of carbonyl (C=O) groups excluding carboxylic acids is 2. The number of methoxy groups -OCH3 is 1. The molecule has 0 saturated carbocycles. The van der Waals surface area contributed by atoms with Gasteiger partial charge in [0.1, 0.15) is 18.1 Å². The molecule has 0 saturated heterocycles. The van der Waals surface area contributed by atoms with Crippen molar-refractivity contribution in [2.24, 2.45) is 0 Å². The molecule has 0 aliphatic heterocycles. The predicted molar refractivity (Wildman–Crippen MR) is 112 cm³/mol. The van der Waals surface area contributed by atoms with Crippen LogP contribution in [0.4, 0.5) is 0 Å². The molecule has 7 nitrogen and oxygen atoms in total. The Bertz CT molecular complexity index is 851. The van der Waals surface area contributed by atoms with Crippen molar-refractivity contribution >= 4 is 55.3 Å². The second-order valence-electron chi connectivity index (χ2n) is 5.35. The van der Waals surface area contributed by atoms with Gasteiger partial charge in [0.05, 0.1) is 17.2 Å². The second-order valence-corrected chi connectivity index (χ2v) is 7.59. The van der Waals surface area contributed by atoms with Gasteiger partial charge in [-0.2, -0.15) is 0 Å². The monoisotopic (exact) mass is 534 g/mol. The van der Waals surface area contributed by atoms with Crippen molar-refractivity contribution in [1.29, 1.82) is 0 Å². The first-order valence-corrected chi connectivity index (χ1v) is 9.95. The standard InChI is InChI=1S/C18H17Br2ClN2O5/c1-26-6-7-27-15-4-2-11(19)8-13(15)18(25)23-22-17(24)10-28-16-5-3-12(20)9-14(16)21/h2-5,8-9H,6-7,10H2,1H3,(H,22,24)(H,23,25). The van der Waals surface area contributed by atoms with Crippen LogP contribution in [0.5, 0.6) is 11.5 Å². The van der Waals surface area contributed by atoms with Crippen LogP contribution < -0.4 is 20.3 Å². The minimum atomic E-state index is -0.552. The van der Waals surface area contributed by atoms with E-state index in [-0.39, 0.29) is 18.8 Å². The third-order valence-corrected chi connectivity index (χ3v) is 4.58. The van der Waals surface area contributed by atoms with Crippen molar-refractivity contribution in [2.45, 2.75) is 0 Å². The lowest BCUT2D eigenvalue weighted by molar-refractivity contribution is -0.123. The highest BCUT2D eigenvalue weighted by atomic mass is 79.9. The summed E-state index contributed by atoms with van der Waals surface area (Å²) >= 11 is 12.6. The Kier molecular flexibility index (Phi) is 9.04. The Morgan fingerprint density at radius 2 is 1.64 bits per heavy atom. The molecule has 2 aromatic carbocycles. The normalized spacial score (nSPS) is 10.3. The molecule has 10 heteroatoms. The lowest BCUT2D eigenvalue weighted by Crippen LogP contribution is -2.44. The van der Waals surface area contributed by atoms with Crippen LogP contribution in [0.2, 0.25) is 5.02 Å². The van der Waals surface area contributed by atoms with E-state index in [1.807, 2.05) is 0 Å². The molecule has 0 fully saturated rings. The number of hydrogen-bond acceptors (Lipinski definition) is 5. The summed E-state index contributed by atoms with van der Waals surface area (Å²) in [6.07, 6.45) is 0. The molecule has 0 aliphatic carbocycles. The predicted octanol–water partition coefficient (Wildman–Crippen LogP) is 3.73. The molecule has 0 heterocycles. The van der Waals surface area contributed by atoms with E-state index in [9.17, 15) is 9.59 Å². The SMILES string of the molecule is COCCOc1ccc(Br)cc1C(=O)NNC(=O)COc1ccc(Br)cc1Cl. The summed E-state index contributed by atoms with van der Waals surface area (Å²) < 4.78 is 17.3. The first-order chi connectivity index (χ1) is 13.4. The van der Waals surface area contributed by atoms with Crippen molar-refractivity contribution in [2.75, 3.05) is 26.9 Å². The number of hydrazine groups is 1. The highest BCUT2D eigenvalue weighted by Gasteiger charge is 2.15. The van der Waals surface area contributed by atoms with Crippen LogP contribution >= 0.6 is 43.5 Å². The number of carbonyl (C=O) groups is 2. The van der Waals surface area contributed by atoms with Gasteiger partial charge >= 0.3 is 0 Å². The van der Waals surface area contributed by atoms with E-state index < -0.39 is 11.8 Å². The maximum Gasteiger partial charge on any atom is 0.276 e. The van der Waals surface area contributed by atoms with Gasteiger partial charge < -0.3 is 14.2 Å². The smallest absolute Gasteiger partial charge is 0.276 e. The van der Waals surface area contributed by atoms with E-state index in [1.165, 1.54) is 0 Å². The van der Waals surface area contributed by atoms with E-state index in [0.29, 0.717) is 27.6 Å². The molecule has 2 rings (SSSR count). The zero-order chi connectivity index (χ0) is 20.5. The Hall–Kier alpha value is -1.81. The Morgan fingerprint density at radius 1 is 0.964 bits per heavy atom. The van der Waals surface area contributed by atoms with Gasteiger partial charge in [0, 0.05) is 16.1 Å². The number of nitrogens with one attached hydrogen (secondary N) is 2. The number of halogens is 3. The van der Waals surface area contributed by atoms with E-state index in [0.717, 1.165) is 4.47 Å². The molecule has 2 aromatic rings. The van der Waals surface area contributed by atoms with Crippen LogP contribution in [0.1, 0.15) is 10.4 Å². The lowest BCUT2D eigenvalue weighted by atomic mass is 10.2. The highest BCUT2D eigenvalue weighted by molar-refractivity contribution is 9.10. The molecule has 2 N–H and O–H groups in total. The summed E-state index contributed by atoms with van der Waals surface area (Å²) in [4.78, 5) is 24.3.